The predicted octanol–water partition coefficient (Wildman–Crippen LogP) is 4.12. The maximum absolute atomic E-state index is 6.41. The number of fused-ring (bicyclic) bond motifs is 1. The molecule has 0 amide bonds. The molecule has 2 nitrogen and oxygen atoms in total. The fourth-order valence-corrected chi connectivity index (χ4v) is 3.52. The number of aryl methyl sites for hydroxylation is 1. The molecule has 2 N–H and O–H groups in total. The van der Waals surface area contributed by atoms with Gasteiger partial charge in [0.2, 0.25) is 0 Å². The fourth-order valence-electron chi connectivity index (χ4n) is 3.52. The van der Waals surface area contributed by atoms with E-state index in [0.717, 1.165) is 25.0 Å². The zero-order chi connectivity index (χ0) is 13.7. The van der Waals surface area contributed by atoms with Crippen LogP contribution in [0.15, 0.2) is 18.2 Å². The van der Waals surface area contributed by atoms with E-state index in [1.165, 1.54) is 24.0 Å². The van der Waals surface area contributed by atoms with E-state index in [1.54, 1.807) is 0 Å². The average molecular weight is 259 g/mol. The van der Waals surface area contributed by atoms with Gasteiger partial charge in [-0.3, -0.25) is 0 Å². The molecule has 0 radical (unpaired) electrons. The Labute approximate surface area is 116 Å². The van der Waals surface area contributed by atoms with Crippen molar-refractivity contribution < 1.29 is 4.74 Å². The first-order chi connectivity index (χ1) is 8.89. The van der Waals surface area contributed by atoms with Crippen molar-refractivity contribution in [3.05, 3.63) is 29.3 Å². The van der Waals surface area contributed by atoms with Gasteiger partial charge in [-0.1, -0.05) is 31.5 Å². The second kappa shape index (κ2) is 4.24. The third kappa shape index (κ3) is 2.38. The Balaban J connectivity index is 1.87. The summed E-state index contributed by atoms with van der Waals surface area (Å²) in [5.41, 5.74) is 9.32. The normalized spacial score (nSPS) is 27.7. The van der Waals surface area contributed by atoms with E-state index in [2.05, 4.69) is 39.0 Å². The summed E-state index contributed by atoms with van der Waals surface area (Å²) < 4.78 is 6.40. The quantitative estimate of drug-likeness (QED) is 0.760. The highest BCUT2D eigenvalue weighted by Crippen LogP contribution is 2.49. The number of rotatable bonds is 0. The van der Waals surface area contributed by atoms with Gasteiger partial charge in [0.1, 0.15) is 11.4 Å². The Morgan fingerprint density at radius 1 is 1.16 bits per heavy atom. The molecule has 104 valence electrons. The lowest BCUT2D eigenvalue weighted by Gasteiger charge is -2.47. The fraction of sp³-hybridized carbons (Fsp3) is 0.647. The van der Waals surface area contributed by atoms with Gasteiger partial charge in [-0.15, -0.1) is 0 Å². The van der Waals surface area contributed by atoms with Gasteiger partial charge in [0.05, 0.1) is 0 Å². The zero-order valence-electron chi connectivity index (χ0n) is 12.3. The second-order valence-electron chi connectivity index (χ2n) is 7.30. The van der Waals surface area contributed by atoms with Crippen LogP contribution >= 0.6 is 0 Å². The van der Waals surface area contributed by atoms with Gasteiger partial charge in [0, 0.05) is 18.0 Å². The van der Waals surface area contributed by atoms with Crippen molar-refractivity contribution >= 4 is 0 Å². The van der Waals surface area contributed by atoms with Gasteiger partial charge in [-0.05, 0) is 44.1 Å². The van der Waals surface area contributed by atoms with E-state index in [0.29, 0.717) is 5.41 Å². The third-order valence-electron chi connectivity index (χ3n) is 5.00. The zero-order valence-corrected chi connectivity index (χ0v) is 12.3. The number of ether oxygens (including phenoxy) is 1. The highest BCUT2D eigenvalue weighted by Gasteiger charge is 2.44. The maximum Gasteiger partial charge on any atom is 0.124 e. The Kier molecular flexibility index (Phi) is 2.90. The lowest BCUT2D eigenvalue weighted by atomic mass is 9.68. The molecule has 3 rings (SSSR count). The van der Waals surface area contributed by atoms with E-state index < -0.39 is 0 Å². The topological polar surface area (TPSA) is 35.2 Å². The van der Waals surface area contributed by atoms with Crippen LogP contribution in [0.1, 0.15) is 63.1 Å². The molecule has 2 aliphatic rings. The Hall–Kier alpha value is -1.02. The molecule has 1 aliphatic heterocycles. The first-order valence-electron chi connectivity index (χ1n) is 7.44. The van der Waals surface area contributed by atoms with Crippen LogP contribution in [-0.2, 0) is 0 Å². The van der Waals surface area contributed by atoms with E-state index in [-0.39, 0.29) is 11.6 Å². The SMILES string of the molecule is Cc1ccc2c(c1)[C@H](N)CC1(CCC(C)(C)CC1)O2. The van der Waals surface area contributed by atoms with Crippen LogP contribution in [0.3, 0.4) is 0 Å². The lowest BCUT2D eigenvalue weighted by Crippen LogP contribution is -2.47. The van der Waals surface area contributed by atoms with Gasteiger partial charge >= 0.3 is 0 Å². The minimum Gasteiger partial charge on any atom is -0.487 e. The summed E-state index contributed by atoms with van der Waals surface area (Å²) in [6.45, 7) is 6.83. The standard InChI is InChI=1S/C17H25NO/c1-12-4-5-15-13(10-12)14(18)11-17(19-15)8-6-16(2,3)7-9-17/h4-5,10,14H,6-9,11,18H2,1-3H3/t14-/m1/s1. The van der Waals surface area contributed by atoms with Crippen LogP contribution in [-0.4, -0.2) is 5.60 Å². The van der Waals surface area contributed by atoms with Gasteiger partial charge in [0.25, 0.3) is 0 Å². The van der Waals surface area contributed by atoms with Gasteiger partial charge in [0.15, 0.2) is 0 Å². The third-order valence-corrected chi connectivity index (χ3v) is 5.00. The number of hydrogen-bond acceptors (Lipinski definition) is 2. The molecule has 0 saturated heterocycles. The van der Waals surface area contributed by atoms with Crippen LogP contribution in [0.25, 0.3) is 0 Å². The molecule has 0 aromatic heterocycles. The molecule has 1 heterocycles. The van der Waals surface area contributed by atoms with Crippen LogP contribution < -0.4 is 10.5 Å². The summed E-state index contributed by atoms with van der Waals surface area (Å²) in [6.07, 6.45) is 5.73. The highest BCUT2D eigenvalue weighted by atomic mass is 16.5. The molecule has 1 saturated carbocycles. The Bertz CT molecular complexity index is 482. The number of hydrogen-bond donors (Lipinski definition) is 1. The molecule has 1 aromatic rings. The van der Waals surface area contributed by atoms with Crippen molar-refractivity contribution in [1.82, 2.24) is 0 Å². The molecule has 1 aromatic carbocycles. The molecule has 1 aliphatic carbocycles. The van der Waals surface area contributed by atoms with Crippen molar-refractivity contribution in [1.29, 1.82) is 0 Å². The molecule has 0 bridgehead atoms. The summed E-state index contributed by atoms with van der Waals surface area (Å²) in [7, 11) is 0. The van der Waals surface area contributed by atoms with Gasteiger partial charge in [-0.25, -0.2) is 0 Å². The summed E-state index contributed by atoms with van der Waals surface area (Å²) in [5, 5.41) is 0. The van der Waals surface area contributed by atoms with Crippen molar-refractivity contribution in [3.63, 3.8) is 0 Å². The monoisotopic (exact) mass is 259 g/mol. The molecule has 0 unspecified atom stereocenters. The number of benzene rings is 1. The predicted molar refractivity (Wildman–Crippen MR) is 78.3 cm³/mol. The van der Waals surface area contributed by atoms with E-state index >= 15 is 0 Å². The maximum atomic E-state index is 6.41. The van der Waals surface area contributed by atoms with Gasteiger partial charge < -0.3 is 10.5 Å². The second-order valence-corrected chi connectivity index (χ2v) is 7.30. The average Bonchev–Trinajstić information content (AvgIpc) is 2.35. The molecule has 1 fully saturated rings. The van der Waals surface area contributed by atoms with Crippen LogP contribution in [0.5, 0.6) is 5.75 Å². The summed E-state index contributed by atoms with van der Waals surface area (Å²) >= 11 is 0. The van der Waals surface area contributed by atoms with Crippen LogP contribution in [0.2, 0.25) is 0 Å². The summed E-state index contributed by atoms with van der Waals surface area (Å²) in [6, 6.07) is 6.53. The van der Waals surface area contributed by atoms with Crippen molar-refractivity contribution in [3.8, 4) is 5.75 Å². The van der Waals surface area contributed by atoms with Crippen molar-refractivity contribution in [2.75, 3.05) is 0 Å². The van der Waals surface area contributed by atoms with Gasteiger partial charge in [-0.2, -0.15) is 0 Å². The molecule has 19 heavy (non-hydrogen) atoms. The lowest BCUT2D eigenvalue weighted by molar-refractivity contribution is -0.0259. The molecule has 1 atom stereocenters. The van der Waals surface area contributed by atoms with Crippen LogP contribution in [0.4, 0.5) is 0 Å². The van der Waals surface area contributed by atoms with E-state index in [9.17, 15) is 0 Å². The first-order valence-corrected chi connectivity index (χ1v) is 7.44. The van der Waals surface area contributed by atoms with E-state index in [1.807, 2.05) is 0 Å². The molecule has 1 spiro atoms. The van der Waals surface area contributed by atoms with E-state index in [4.69, 9.17) is 10.5 Å². The Morgan fingerprint density at radius 3 is 2.53 bits per heavy atom. The molecular weight excluding hydrogens is 234 g/mol. The number of nitrogens with two attached hydrogens (primary N) is 1. The Morgan fingerprint density at radius 2 is 1.84 bits per heavy atom. The smallest absolute Gasteiger partial charge is 0.124 e. The van der Waals surface area contributed by atoms with Crippen molar-refractivity contribution in [2.24, 2.45) is 11.1 Å². The summed E-state index contributed by atoms with van der Waals surface area (Å²) in [5.74, 6) is 1.02. The van der Waals surface area contributed by atoms with Crippen molar-refractivity contribution in [2.45, 2.75) is 64.5 Å². The minimum atomic E-state index is -0.00278. The van der Waals surface area contributed by atoms with Crippen LogP contribution in [0, 0.1) is 12.3 Å². The molecule has 2 heteroatoms. The largest absolute Gasteiger partial charge is 0.487 e. The molecular formula is C17H25NO. The first kappa shape index (κ1) is 13.0. The minimum absolute atomic E-state index is 0.00278. The highest BCUT2D eigenvalue weighted by molar-refractivity contribution is 5.41. The summed E-state index contributed by atoms with van der Waals surface area (Å²) in [4.78, 5) is 0.